The molecule has 4 N–H and O–H groups in total. The van der Waals surface area contributed by atoms with Gasteiger partial charge in [0.1, 0.15) is 0 Å². The van der Waals surface area contributed by atoms with Gasteiger partial charge in [0, 0.05) is 12.6 Å². The van der Waals surface area contributed by atoms with Gasteiger partial charge in [-0.1, -0.05) is 19.8 Å². The molecule has 92 valence electrons. The van der Waals surface area contributed by atoms with Crippen LogP contribution in [0.3, 0.4) is 0 Å². The first kappa shape index (κ1) is 11.9. The number of carbonyl (C=O) groups is 1. The van der Waals surface area contributed by atoms with E-state index in [0.717, 1.165) is 45.2 Å². The lowest BCUT2D eigenvalue weighted by Gasteiger charge is -2.33. The lowest BCUT2D eigenvalue weighted by Crippen LogP contribution is -2.58. The van der Waals surface area contributed by atoms with Crippen molar-refractivity contribution in [2.24, 2.45) is 11.7 Å². The van der Waals surface area contributed by atoms with Gasteiger partial charge in [-0.3, -0.25) is 4.79 Å². The predicted molar refractivity (Wildman–Crippen MR) is 64.0 cm³/mol. The molecule has 1 heterocycles. The molecule has 2 aliphatic rings. The van der Waals surface area contributed by atoms with Crippen LogP contribution in [-0.2, 0) is 4.79 Å². The molecule has 4 heteroatoms. The van der Waals surface area contributed by atoms with Crippen molar-refractivity contribution in [3.8, 4) is 0 Å². The molecule has 1 aliphatic heterocycles. The molecular weight excluding hydrogens is 202 g/mol. The number of hydrogen-bond donors (Lipinski definition) is 3. The standard InChI is InChI=1S/C12H23N3O/c1-9-4-7-14-8-10(9)15-11(16)12(13)5-2-3-6-12/h9-10,14H,2-8,13H2,1H3,(H,15,16). The Morgan fingerprint density at radius 1 is 1.44 bits per heavy atom. The van der Waals surface area contributed by atoms with Crippen molar-refractivity contribution in [2.45, 2.75) is 50.6 Å². The molecule has 0 spiro atoms. The smallest absolute Gasteiger partial charge is 0.240 e. The largest absolute Gasteiger partial charge is 0.350 e. The Balaban J connectivity index is 1.90. The third kappa shape index (κ3) is 2.38. The summed E-state index contributed by atoms with van der Waals surface area (Å²) in [4.78, 5) is 12.1. The van der Waals surface area contributed by atoms with Gasteiger partial charge in [0.2, 0.25) is 5.91 Å². The topological polar surface area (TPSA) is 67.1 Å². The van der Waals surface area contributed by atoms with Gasteiger partial charge in [-0.15, -0.1) is 0 Å². The SMILES string of the molecule is CC1CCNCC1NC(=O)C1(N)CCCC1. The average Bonchev–Trinajstić information content (AvgIpc) is 2.70. The van der Waals surface area contributed by atoms with Gasteiger partial charge in [0.25, 0.3) is 0 Å². The summed E-state index contributed by atoms with van der Waals surface area (Å²) in [7, 11) is 0. The molecular formula is C12H23N3O. The molecule has 16 heavy (non-hydrogen) atoms. The molecule has 4 nitrogen and oxygen atoms in total. The maximum atomic E-state index is 12.1. The molecule has 2 unspecified atom stereocenters. The van der Waals surface area contributed by atoms with Crippen molar-refractivity contribution in [2.75, 3.05) is 13.1 Å². The van der Waals surface area contributed by atoms with Gasteiger partial charge in [0.15, 0.2) is 0 Å². The van der Waals surface area contributed by atoms with E-state index >= 15 is 0 Å². The second-order valence-electron chi connectivity index (χ2n) is 5.41. The van der Waals surface area contributed by atoms with Crippen molar-refractivity contribution in [3.63, 3.8) is 0 Å². The Labute approximate surface area is 97.3 Å². The van der Waals surface area contributed by atoms with E-state index in [4.69, 9.17) is 5.73 Å². The van der Waals surface area contributed by atoms with Gasteiger partial charge in [-0.05, 0) is 31.7 Å². The van der Waals surface area contributed by atoms with Crippen LogP contribution in [0, 0.1) is 5.92 Å². The summed E-state index contributed by atoms with van der Waals surface area (Å²) in [5, 5.41) is 6.44. The molecule has 1 aliphatic carbocycles. The normalized spacial score (nSPS) is 33.6. The van der Waals surface area contributed by atoms with Crippen LogP contribution in [0.2, 0.25) is 0 Å². The minimum absolute atomic E-state index is 0.0607. The molecule has 2 atom stereocenters. The maximum absolute atomic E-state index is 12.1. The lowest BCUT2D eigenvalue weighted by atomic mass is 9.92. The zero-order valence-corrected chi connectivity index (χ0v) is 10.1. The molecule has 0 aromatic carbocycles. The molecule has 0 aromatic rings. The Kier molecular flexibility index (Phi) is 3.50. The van der Waals surface area contributed by atoms with Crippen molar-refractivity contribution >= 4 is 5.91 Å². The predicted octanol–water partition coefficient (Wildman–Crippen LogP) is 0.372. The highest BCUT2D eigenvalue weighted by Crippen LogP contribution is 2.27. The third-order valence-corrected chi connectivity index (χ3v) is 4.09. The van der Waals surface area contributed by atoms with Gasteiger partial charge >= 0.3 is 0 Å². The maximum Gasteiger partial charge on any atom is 0.240 e. The number of carbonyl (C=O) groups excluding carboxylic acids is 1. The second-order valence-corrected chi connectivity index (χ2v) is 5.41. The molecule has 0 bridgehead atoms. The van der Waals surface area contributed by atoms with E-state index in [-0.39, 0.29) is 11.9 Å². The van der Waals surface area contributed by atoms with E-state index in [1.165, 1.54) is 0 Å². The number of nitrogens with one attached hydrogen (secondary N) is 2. The quantitative estimate of drug-likeness (QED) is 0.636. The van der Waals surface area contributed by atoms with E-state index in [2.05, 4.69) is 17.6 Å². The number of amides is 1. The highest BCUT2D eigenvalue weighted by atomic mass is 16.2. The van der Waals surface area contributed by atoms with Crippen LogP contribution >= 0.6 is 0 Å². The number of nitrogens with two attached hydrogens (primary N) is 1. The summed E-state index contributed by atoms with van der Waals surface area (Å²) in [5.74, 6) is 0.612. The molecule has 1 saturated heterocycles. The summed E-state index contributed by atoms with van der Waals surface area (Å²) in [6, 6.07) is 0.252. The minimum atomic E-state index is -0.586. The highest BCUT2D eigenvalue weighted by molar-refractivity contribution is 5.86. The molecule has 2 fully saturated rings. The zero-order valence-electron chi connectivity index (χ0n) is 10.1. The van der Waals surface area contributed by atoms with Crippen molar-refractivity contribution < 1.29 is 4.79 Å². The van der Waals surface area contributed by atoms with Crippen molar-refractivity contribution in [3.05, 3.63) is 0 Å². The van der Waals surface area contributed by atoms with Crippen LogP contribution < -0.4 is 16.4 Å². The van der Waals surface area contributed by atoms with Gasteiger partial charge in [0.05, 0.1) is 5.54 Å². The summed E-state index contributed by atoms with van der Waals surface area (Å²) in [5.41, 5.74) is 5.55. The van der Waals surface area contributed by atoms with Crippen molar-refractivity contribution in [1.82, 2.24) is 10.6 Å². The Bertz CT molecular complexity index is 261. The first-order chi connectivity index (χ1) is 7.62. The van der Waals surface area contributed by atoms with Crippen LogP contribution in [0.1, 0.15) is 39.0 Å². The van der Waals surface area contributed by atoms with E-state index < -0.39 is 5.54 Å². The monoisotopic (exact) mass is 225 g/mol. The first-order valence-electron chi connectivity index (χ1n) is 6.42. The van der Waals surface area contributed by atoms with Gasteiger partial charge in [-0.2, -0.15) is 0 Å². The second kappa shape index (κ2) is 4.72. The minimum Gasteiger partial charge on any atom is -0.350 e. The van der Waals surface area contributed by atoms with Gasteiger partial charge < -0.3 is 16.4 Å². The van der Waals surface area contributed by atoms with Crippen molar-refractivity contribution in [1.29, 1.82) is 0 Å². The first-order valence-corrected chi connectivity index (χ1v) is 6.42. The number of piperidine rings is 1. The van der Waals surface area contributed by atoms with Crippen LogP contribution in [0.25, 0.3) is 0 Å². The van der Waals surface area contributed by atoms with E-state index in [0.29, 0.717) is 5.92 Å². The summed E-state index contributed by atoms with van der Waals surface area (Å²) < 4.78 is 0. The zero-order chi connectivity index (χ0) is 11.6. The van der Waals surface area contributed by atoms with Crippen LogP contribution in [0.5, 0.6) is 0 Å². The fraction of sp³-hybridized carbons (Fsp3) is 0.917. The van der Waals surface area contributed by atoms with Crippen LogP contribution in [-0.4, -0.2) is 30.6 Å². The summed E-state index contributed by atoms with van der Waals surface area (Å²) >= 11 is 0. The van der Waals surface area contributed by atoms with Gasteiger partial charge in [-0.25, -0.2) is 0 Å². The highest BCUT2D eigenvalue weighted by Gasteiger charge is 2.38. The lowest BCUT2D eigenvalue weighted by molar-refractivity contribution is -0.127. The van der Waals surface area contributed by atoms with E-state index in [1.807, 2.05) is 0 Å². The van der Waals surface area contributed by atoms with E-state index in [9.17, 15) is 4.79 Å². The molecule has 1 saturated carbocycles. The fourth-order valence-corrected chi connectivity index (χ4v) is 2.73. The molecule has 1 amide bonds. The Hall–Kier alpha value is -0.610. The Morgan fingerprint density at radius 3 is 2.75 bits per heavy atom. The van der Waals surface area contributed by atoms with E-state index in [1.54, 1.807) is 0 Å². The summed E-state index contributed by atoms with van der Waals surface area (Å²) in [6.45, 7) is 4.13. The van der Waals surface area contributed by atoms with Crippen LogP contribution in [0.4, 0.5) is 0 Å². The van der Waals surface area contributed by atoms with Crippen LogP contribution in [0.15, 0.2) is 0 Å². The Morgan fingerprint density at radius 2 is 2.12 bits per heavy atom. The number of hydrogen-bond acceptors (Lipinski definition) is 3. The molecule has 0 aromatic heterocycles. The third-order valence-electron chi connectivity index (χ3n) is 4.09. The fourth-order valence-electron chi connectivity index (χ4n) is 2.73. The number of rotatable bonds is 2. The summed E-state index contributed by atoms with van der Waals surface area (Å²) in [6.07, 6.45) is 4.98. The average molecular weight is 225 g/mol. The molecule has 0 radical (unpaired) electrons. The molecule has 2 rings (SSSR count).